The lowest BCUT2D eigenvalue weighted by Gasteiger charge is -2.30. The van der Waals surface area contributed by atoms with Gasteiger partial charge in [0, 0.05) is 29.4 Å². The number of hydrogen-bond acceptors (Lipinski definition) is 4. The molecule has 150 valence electrons. The number of nitrogens with one attached hydrogen (secondary N) is 1. The van der Waals surface area contributed by atoms with E-state index >= 15 is 0 Å². The summed E-state index contributed by atoms with van der Waals surface area (Å²) in [7, 11) is 0. The maximum atomic E-state index is 11.5. The van der Waals surface area contributed by atoms with Gasteiger partial charge in [0.15, 0.2) is 0 Å². The van der Waals surface area contributed by atoms with Gasteiger partial charge in [-0.1, -0.05) is 28.9 Å². The molecule has 1 aliphatic carbocycles. The van der Waals surface area contributed by atoms with Crippen molar-refractivity contribution in [3.05, 3.63) is 52.4 Å². The standard InChI is InChI=1S/C13H21N3O.C9H7BrO/c1-11-3-7-16(8-4-11)10-12-9-13(17)15-6-2-5-14-12;10-9-5-3-1-2-4-8(9)6-7-11/h2,6,11H,3-5,7-10H2,1H3,(H,15,17);1,3-5,7H,6H2. The molecule has 0 aromatic carbocycles. The second-order valence-electron chi connectivity index (χ2n) is 7.09. The second-order valence-corrected chi connectivity index (χ2v) is 7.95. The highest BCUT2D eigenvalue weighted by atomic mass is 79.9. The van der Waals surface area contributed by atoms with Crippen molar-refractivity contribution >= 4 is 33.8 Å². The lowest BCUT2D eigenvalue weighted by Crippen LogP contribution is -2.38. The zero-order chi connectivity index (χ0) is 20.2. The molecule has 28 heavy (non-hydrogen) atoms. The smallest absolute Gasteiger partial charge is 0.229 e. The number of aliphatic imine (C=N–C) groups is 1. The fraction of sp³-hybridized carbons (Fsp3) is 0.455. The molecule has 0 atom stereocenters. The van der Waals surface area contributed by atoms with E-state index in [-0.39, 0.29) is 5.91 Å². The normalized spacial score (nSPS) is 20.5. The maximum Gasteiger partial charge on any atom is 0.229 e. The first kappa shape index (κ1) is 22.3. The molecule has 0 aromatic heterocycles. The number of hydrogen-bond donors (Lipinski definition) is 1. The van der Waals surface area contributed by atoms with Crippen molar-refractivity contribution < 1.29 is 9.59 Å². The summed E-state index contributed by atoms with van der Waals surface area (Å²) in [4.78, 5) is 28.6. The van der Waals surface area contributed by atoms with Gasteiger partial charge in [-0.15, -0.1) is 5.73 Å². The molecule has 0 radical (unpaired) electrons. The van der Waals surface area contributed by atoms with Gasteiger partial charge in [0.1, 0.15) is 6.29 Å². The SMILES string of the molecule is CC1CCN(CC2=NCC=CNC(=O)C2)CC1.O=CCC1=C(Br)C=CC=C=C1. The minimum atomic E-state index is 0.0464. The van der Waals surface area contributed by atoms with Crippen LogP contribution in [-0.4, -0.2) is 49.0 Å². The van der Waals surface area contributed by atoms with Crippen LogP contribution >= 0.6 is 15.9 Å². The number of nitrogens with zero attached hydrogens (tertiary/aromatic N) is 2. The first-order chi connectivity index (χ1) is 13.6. The topological polar surface area (TPSA) is 61.8 Å². The number of likely N-dealkylation sites (tertiary alicyclic amines) is 1. The molecular weight excluding hydrogens is 418 g/mol. The van der Waals surface area contributed by atoms with Crippen molar-refractivity contribution in [2.45, 2.75) is 32.6 Å². The number of aldehydes is 1. The Hall–Kier alpha value is -2.01. The van der Waals surface area contributed by atoms with E-state index in [4.69, 9.17) is 0 Å². The minimum Gasteiger partial charge on any atom is -0.333 e. The average molecular weight is 446 g/mol. The van der Waals surface area contributed by atoms with E-state index in [9.17, 15) is 9.59 Å². The Morgan fingerprint density at radius 1 is 1.39 bits per heavy atom. The van der Waals surface area contributed by atoms with E-state index in [2.05, 4.69) is 43.8 Å². The Labute approximate surface area is 175 Å². The van der Waals surface area contributed by atoms with Crippen molar-refractivity contribution in [1.29, 1.82) is 0 Å². The summed E-state index contributed by atoms with van der Waals surface area (Å²) in [6.45, 7) is 6.12. The summed E-state index contributed by atoms with van der Waals surface area (Å²) in [6, 6.07) is 0. The summed E-state index contributed by atoms with van der Waals surface area (Å²) < 4.78 is 0.950. The molecule has 3 aliphatic rings. The number of carbonyl (C=O) groups is 2. The third kappa shape index (κ3) is 8.34. The molecule has 1 N–H and O–H groups in total. The van der Waals surface area contributed by atoms with Crippen LogP contribution in [0.4, 0.5) is 0 Å². The van der Waals surface area contributed by atoms with Gasteiger partial charge in [0.2, 0.25) is 5.91 Å². The van der Waals surface area contributed by atoms with Gasteiger partial charge in [-0.05, 0) is 61.7 Å². The molecule has 0 bridgehead atoms. The largest absolute Gasteiger partial charge is 0.333 e. The monoisotopic (exact) mass is 445 g/mol. The summed E-state index contributed by atoms with van der Waals surface area (Å²) in [5.41, 5.74) is 4.91. The van der Waals surface area contributed by atoms with E-state index in [1.807, 2.05) is 18.2 Å². The van der Waals surface area contributed by atoms with Gasteiger partial charge in [-0.25, -0.2) is 0 Å². The van der Waals surface area contributed by atoms with Crippen molar-refractivity contribution in [2.24, 2.45) is 10.9 Å². The van der Waals surface area contributed by atoms with Crippen LogP contribution in [0, 0.1) is 5.92 Å². The van der Waals surface area contributed by atoms with Crippen LogP contribution in [0.1, 0.15) is 32.6 Å². The molecule has 6 heteroatoms. The molecule has 0 unspecified atom stereocenters. The van der Waals surface area contributed by atoms with Crippen LogP contribution < -0.4 is 5.32 Å². The summed E-state index contributed by atoms with van der Waals surface area (Å²) in [5, 5.41) is 2.74. The van der Waals surface area contributed by atoms with Gasteiger partial charge in [0.05, 0.1) is 13.0 Å². The highest BCUT2D eigenvalue weighted by Gasteiger charge is 2.18. The number of rotatable bonds is 4. The predicted octanol–water partition coefficient (Wildman–Crippen LogP) is 3.70. The number of allylic oxidation sites excluding steroid dienone is 5. The van der Waals surface area contributed by atoms with E-state index in [1.165, 1.54) is 12.8 Å². The third-order valence-corrected chi connectivity index (χ3v) is 5.51. The quantitative estimate of drug-likeness (QED) is 0.529. The molecule has 1 amide bonds. The highest BCUT2D eigenvalue weighted by molar-refractivity contribution is 9.11. The fourth-order valence-corrected chi connectivity index (χ4v) is 3.45. The molecule has 0 aromatic rings. The summed E-state index contributed by atoms with van der Waals surface area (Å²) in [5.74, 6) is 0.891. The molecule has 2 heterocycles. The van der Waals surface area contributed by atoms with E-state index in [1.54, 1.807) is 18.4 Å². The highest BCUT2D eigenvalue weighted by Crippen LogP contribution is 2.18. The predicted molar refractivity (Wildman–Crippen MR) is 117 cm³/mol. The molecule has 1 saturated heterocycles. The first-order valence-electron chi connectivity index (χ1n) is 9.69. The number of amides is 1. The lowest BCUT2D eigenvalue weighted by atomic mass is 9.99. The third-order valence-electron chi connectivity index (χ3n) is 4.73. The van der Waals surface area contributed by atoms with Crippen LogP contribution in [0.5, 0.6) is 0 Å². The zero-order valence-corrected chi connectivity index (χ0v) is 18.0. The molecule has 3 rings (SSSR count). The van der Waals surface area contributed by atoms with Gasteiger partial charge in [-0.3, -0.25) is 14.7 Å². The molecule has 0 saturated carbocycles. The maximum absolute atomic E-state index is 11.5. The summed E-state index contributed by atoms with van der Waals surface area (Å²) >= 11 is 3.35. The second kappa shape index (κ2) is 12.4. The Balaban J connectivity index is 0.000000221. The molecular formula is C22H28BrN3O2. The van der Waals surface area contributed by atoms with Crippen molar-refractivity contribution in [3.63, 3.8) is 0 Å². The van der Waals surface area contributed by atoms with E-state index in [0.717, 1.165) is 47.6 Å². The Kier molecular flexibility index (Phi) is 9.91. The van der Waals surface area contributed by atoms with E-state index in [0.29, 0.717) is 19.4 Å². The number of piperidine rings is 1. The van der Waals surface area contributed by atoms with Crippen LogP contribution in [0.25, 0.3) is 0 Å². The Bertz CT molecular complexity index is 735. The van der Waals surface area contributed by atoms with Gasteiger partial charge < -0.3 is 10.1 Å². The molecule has 1 fully saturated rings. The van der Waals surface area contributed by atoms with Crippen molar-refractivity contribution in [1.82, 2.24) is 10.2 Å². The fourth-order valence-electron chi connectivity index (χ4n) is 3.02. The zero-order valence-electron chi connectivity index (χ0n) is 16.4. The number of halogens is 1. The van der Waals surface area contributed by atoms with Crippen LogP contribution in [0.3, 0.4) is 0 Å². The lowest BCUT2D eigenvalue weighted by molar-refractivity contribution is -0.119. The molecule has 2 aliphatic heterocycles. The Morgan fingerprint density at radius 2 is 2.18 bits per heavy atom. The van der Waals surface area contributed by atoms with Crippen molar-refractivity contribution in [3.8, 4) is 0 Å². The minimum absolute atomic E-state index is 0.0464. The first-order valence-corrected chi connectivity index (χ1v) is 10.5. The van der Waals surface area contributed by atoms with Gasteiger partial charge in [-0.2, -0.15) is 0 Å². The van der Waals surface area contributed by atoms with Gasteiger partial charge in [0.25, 0.3) is 0 Å². The van der Waals surface area contributed by atoms with Crippen LogP contribution in [0.15, 0.2) is 57.4 Å². The van der Waals surface area contributed by atoms with Crippen molar-refractivity contribution in [2.75, 3.05) is 26.2 Å². The van der Waals surface area contributed by atoms with Crippen LogP contribution in [0.2, 0.25) is 0 Å². The Morgan fingerprint density at radius 3 is 2.93 bits per heavy atom. The van der Waals surface area contributed by atoms with E-state index < -0.39 is 0 Å². The van der Waals surface area contributed by atoms with Gasteiger partial charge >= 0.3 is 0 Å². The van der Waals surface area contributed by atoms with Crippen LogP contribution in [-0.2, 0) is 9.59 Å². The number of carbonyl (C=O) groups excluding carboxylic acids is 2. The molecule has 5 nitrogen and oxygen atoms in total. The average Bonchev–Trinajstić information content (AvgIpc) is 2.87. The summed E-state index contributed by atoms with van der Waals surface area (Å²) in [6.07, 6.45) is 15.2. The molecule has 0 spiro atoms.